The highest BCUT2D eigenvalue weighted by Gasteiger charge is 2.24. The molecule has 2 N–H and O–H groups in total. The number of aliphatic hydroxyl groups is 1. The lowest BCUT2D eigenvalue weighted by Crippen LogP contribution is -2.46. The fraction of sp³-hybridized carbons (Fsp3) is 0.960. The van der Waals surface area contributed by atoms with Gasteiger partial charge >= 0.3 is 0 Å². The van der Waals surface area contributed by atoms with Crippen LogP contribution in [-0.2, 0) is 18.4 Å². The van der Waals surface area contributed by atoms with E-state index in [0.717, 1.165) is 44.9 Å². The highest BCUT2D eigenvalue weighted by atomic mass is 31.2. The predicted octanol–water partition coefficient (Wildman–Crippen LogP) is 4.54. The Morgan fingerprint density at radius 2 is 1.44 bits per heavy atom. The number of unbranched alkanes of at least 4 members (excludes halogenated alkanes) is 10. The number of quaternary nitrogens is 1. The van der Waals surface area contributed by atoms with Gasteiger partial charge in [0.2, 0.25) is 5.91 Å². The van der Waals surface area contributed by atoms with Crippen LogP contribution in [0, 0.1) is 0 Å². The summed E-state index contributed by atoms with van der Waals surface area (Å²) in [6.07, 6.45) is 13.1. The molecule has 0 radical (unpaired) electrons. The van der Waals surface area contributed by atoms with Crippen molar-refractivity contribution in [3.8, 4) is 0 Å². The summed E-state index contributed by atoms with van der Waals surface area (Å²) < 4.78 is 22.7. The number of hydrogen-bond acceptors (Lipinski definition) is 6. The normalized spacial score (nSPS) is 15.6. The minimum absolute atomic E-state index is 0.0134. The van der Waals surface area contributed by atoms with E-state index in [9.17, 15) is 19.4 Å². The number of hydrogen-bond donors (Lipinski definition) is 2. The minimum Gasteiger partial charge on any atom is -0.756 e. The molecule has 0 fully saturated rings. The molecule has 0 aliphatic carbocycles. The van der Waals surface area contributed by atoms with E-state index in [1.165, 1.54) is 32.1 Å². The molecule has 0 aromatic heterocycles. The average molecular weight is 509 g/mol. The summed E-state index contributed by atoms with van der Waals surface area (Å²) in [6.45, 7) is 4.51. The molecule has 0 rings (SSSR count). The number of phosphoric acid groups is 1. The number of rotatable bonds is 23. The minimum atomic E-state index is -4.52. The molecule has 8 nitrogen and oxygen atoms in total. The Bertz CT molecular complexity index is 556. The summed E-state index contributed by atoms with van der Waals surface area (Å²) in [7, 11) is 1.30. The molecule has 0 saturated heterocycles. The summed E-state index contributed by atoms with van der Waals surface area (Å²) in [5, 5.41) is 13.5. The molecular weight excluding hydrogens is 455 g/mol. The van der Waals surface area contributed by atoms with Gasteiger partial charge in [-0.3, -0.25) is 9.36 Å². The molecule has 0 bridgehead atoms. The third-order valence-corrected chi connectivity index (χ3v) is 6.81. The Labute approximate surface area is 209 Å². The quantitative estimate of drug-likeness (QED) is 0.119. The van der Waals surface area contributed by atoms with E-state index in [2.05, 4.69) is 19.2 Å². The van der Waals surface area contributed by atoms with E-state index in [1.54, 1.807) is 0 Å². The average Bonchev–Trinajstić information content (AvgIpc) is 2.74. The van der Waals surface area contributed by atoms with E-state index in [1.807, 2.05) is 21.1 Å². The van der Waals surface area contributed by atoms with Gasteiger partial charge in [0, 0.05) is 6.42 Å². The Balaban J connectivity index is 4.62. The fourth-order valence-corrected chi connectivity index (χ4v) is 4.29. The first-order chi connectivity index (χ1) is 16.0. The van der Waals surface area contributed by atoms with Crippen molar-refractivity contribution < 1.29 is 32.9 Å². The third-order valence-electron chi connectivity index (χ3n) is 5.85. The fourth-order valence-electron chi connectivity index (χ4n) is 3.56. The van der Waals surface area contributed by atoms with Crippen LogP contribution in [0.25, 0.3) is 0 Å². The molecule has 3 unspecified atom stereocenters. The van der Waals surface area contributed by atoms with Gasteiger partial charge in [-0.2, -0.15) is 0 Å². The lowest BCUT2D eigenvalue weighted by atomic mass is 10.0. The molecule has 0 heterocycles. The SMILES string of the molecule is CCCCCCCCCCC(O)C(COP(=O)([O-])OCC[N+](C)(C)C)NC(=O)CCCCCC. The maximum atomic E-state index is 12.4. The molecule has 0 aliphatic rings. The maximum Gasteiger partial charge on any atom is 0.268 e. The lowest BCUT2D eigenvalue weighted by molar-refractivity contribution is -0.870. The summed E-state index contributed by atoms with van der Waals surface area (Å²) >= 11 is 0. The first-order valence-corrected chi connectivity index (χ1v) is 14.8. The van der Waals surface area contributed by atoms with Crippen LogP contribution in [0.5, 0.6) is 0 Å². The smallest absolute Gasteiger partial charge is 0.268 e. The first-order valence-electron chi connectivity index (χ1n) is 13.4. The van der Waals surface area contributed by atoms with Crippen molar-refractivity contribution in [1.29, 1.82) is 0 Å². The Morgan fingerprint density at radius 3 is 2.00 bits per heavy atom. The van der Waals surface area contributed by atoms with Crippen molar-refractivity contribution in [3.63, 3.8) is 0 Å². The van der Waals surface area contributed by atoms with Gasteiger partial charge < -0.3 is 28.8 Å². The summed E-state index contributed by atoms with van der Waals surface area (Å²) in [6, 6.07) is -0.785. The van der Waals surface area contributed by atoms with E-state index in [-0.39, 0.29) is 19.1 Å². The lowest BCUT2D eigenvalue weighted by Gasteiger charge is -2.30. The molecule has 204 valence electrons. The second-order valence-corrected chi connectivity index (χ2v) is 11.8. The van der Waals surface area contributed by atoms with Crippen molar-refractivity contribution in [2.75, 3.05) is 40.9 Å². The number of phosphoric ester groups is 1. The van der Waals surface area contributed by atoms with Crippen LogP contribution in [0.2, 0.25) is 0 Å². The van der Waals surface area contributed by atoms with Gasteiger partial charge in [0.25, 0.3) is 7.82 Å². The summed E-state index contributed by atoms with van der Waals surface area (Å²) in [5.41, 5.74) is 0. The van der Waals surface area contributed by atoms with Crippen LogP contribution < -0.4 is 10.2 Å². The molecule has 3 atom stereocenters. The molecular formula is C25H53N2O6P. The zero-order valence-electron chi connectivity index (χ0n) is 22.6. The number of nitrogens with one attached hydrogen (secondary N) is 1. The molecule has 9 heteroatoms. The van der Waals surface area contributed by atoms with E-state index in [4.69, 9.17) is 9.05 Å². The molecule has 0 aromatic carbocycles. The largest absolute Gasteiger partial charge is 0.756 e. The second-order valence-electron chi connectivity index (χ2n) is 10.4. The molecule has 0 aromatic rings. The van der Waals surface area contributed by atoms with Crippen LogP contribution in [0.15, 0.2) is 0 Å². The summed E-state index contributed by atoms with van der Waals surface area (Å²) in [5.74, 6) is -0.189. The van der Waals surface area contributed by atoms with E-state index < -0.39 is 20.0 Å². The van der Waals surface area contributed by atoms with Crippen LogP contribution in [0.4, 0.5) is 0 Å². The van der Waals surface area contributed by atoms with Gasteiger partial charge in [-0.15, -0.1) is 0 Å². The van der Waals surface area contributed by atoms with Crippen molar-refractivity contribution in [1.82, 2.24) is 5.32 Å². The number of nitrogens with zero attached hydrogens (tertiary/aromatic N) is 1. The molecule has 0 spiro atoms. The van der Waals surface area contributed by atoms with Crippen LogP contribution in [0.3, 0.4) is 0 Å². The van der Waals surface area contributed by atoms with Gasteiger partial charge in [-0.1, -0.05) is 84.5 Å². The number of amides is 1. The summed E-state index contributed by atoms with van der Waals surface area (Å²) in [4.78, 5) is 24.5. The number of aliphatic hydroxyl groups excluding tert-OH is 1. The molecule has 0 aliphatic heterocycles. The van der Waals surface area contributed by atoms with Gasteiger partial charge in [-0.25, -0.2) is 0 Å². The zero-order valence-corrected chi connectivity index (χ0v) is 23.5. The van der Waals surface area contributed by atoms with Crippen LogP contribution >= 0.6 is 7.82 Å². The predicted molar refractivity (Wildman–Crippen MR) is 136 cm³/mol. The number of carbonyl (C=O) groups is 1. The number of carbonyl (C=O) groups excluding carboxylic acids is 1. The molecule has 0 saturated carbocycles. The first kappa shape index (κ1) is 33.5. The Morgan fingerprint density at radius 1 is 0.912 bits per heavy atom. The van der Waals surface area contributed by atoms with Crippen LogP contribution in [0.1, 0.15) is 104 Å². The maximum absolute atomic E-state index is 12.4. The van der Waals surface area contributed by atoms with Gasteiger partial charge in [-0.05, 0) is 12.8 Å². The van der Waals surface area contributed by atoms with Gasteiger partial charge in [0.1, 0.15) is 13.2 Å². The van der Waals surface area contributed by atoms with E-state index in [0.29, 0.717) is 23.9 Å². The zero-order chi connectivity index (χ0) is 25.9. The highest BCUT2D eigenvalue weighted by molar-refractivity contribution is 7.45. The standard InChI is InChI=1S/C25H53N2O6P/c1-6-8-10-12-13-14-15-16-18-24(28)23(26-25(29)19-17-11-9-7-2)22-33-34(30,31)32-21-20-27(3,4)5/h23-24,28H,6-22H2,1-5H3,(H-,26,29,30,31). The van der Waals surface area contributed by atoms with Gasteiger partial charge in [0.05, 0.1) is 39.9 Å². The van der Waals surface area contributed by atoms with Crippen molar-refractivity contribution >= 4 is 13.7 Å². The third kappa shape index (κ3) is 20.8. The number of likely N-dealkylation sites (N-methyl/N-ethyl adjacent to an activating group) is 1. The van der Waals surface area contributed by atoms with Crippen molar-refractivity contribution in [3.05, 3.63) is 0 Å². The van der Waals surface area contributed by atoms with Gasteiger partial charge in [0.15, 0.2) is 0 Å². The van der Waals surface area contributed by atoms with Crippen LogP contribution in [-0.4, -0.2) is 68.5 Å². The molecule has 34 heavy (non-hydrogen) atoms. The van der Waals surface area contributed by atoms with Crippen molar-refractivity contribution in [2.24, 2.45) is 0 Å². The van der Waals surface area contributed by atoms with E-state index >= 15 is 0 Å². The monoisotopic (exact) mass is 508 g/mol. The second kappa shape index (κ2) is 19.7. The Hall–Kier alpha value is -0.500. The Kier molecular flexibility index (Phi) is 19.4. The molecule has 1 amide bonds. The van der Waals surface area contributed by atoms with Crippen molar-refractivity contribution in [2.45, 2.75) is 116 Å². The highest BCUT2D eigenvalue weighted by Crippen LogP contribution is 2.38. The topological polar surface area (TPSA) is 108 Å².